The molecule has 0 N–H and O–H groups in total. The zero-order valence-electron chi connectivity index (χ0n) is 13.3. The van der Waals surface area contributed by atoms with Crippen molar-refractivity contribution in [2.45, 2.75) is 12.5 Å². The third-order valence-corrected chi connectivity index (χ3v) is 3.90. The summed E-state index contributed by atoms with van der Waals surface area (Å²) in [6.45, 7) is 0. The van der Waals surface area contributed by atoms with Crippen LogP contribution >= 0.6 is 0 Å². The molecule has 3 rings (SSSR count). The lowest BCUT2D eigenvalue weighted by molar-refractivity contribution is 0.0841. The van der Waals surface area contributed by atoms with Gasteiger partial charge in [-0.25, -0.2) is 0 Å². The predicted molar refractivity (Wildman–Crippen MR) is 84.9 cm³/mol. The number of methoxy groups -OCH3 is 3. The molecule has 0 aliphatic carbocycles. The van der Waals surface area contributed by atoms with Crippen LogP contribution in [0.3, 0.4) is 0 Å². The normalized spacial score (nSPS) is 16.3. The highest BCUT2D eigenvalue weighted by atomic mass is 16.5. The van der Waals surface area contributed by atoms with Gasteiger partial charge >= 0.3 is 0 Å². The van der Waals surface area contributed by atoms with E-state index in [2.05, 4.69) is 0 Å². The van der Waals surface area contributed by atoms with E-state index in [0.717, 1.165) is 11.3 Å². The number of ketones is 1. The van der Waals surface area contributed by atoms with Crippen molar-refractivity contribution in [1.82, 2.24) is 0 Å². The van der Waals surface area contributed by atoms with Crippen LogP contribution in [0.5, 0.6) is 23.0 Å². The van der Waals surface area contributed by atoms with E-state index in [0.29, 0.717) is 22.8 Å². The lowest BCUT2D eigenvalue weighted by Gasteiger charge is -2.27. The van der Waals surface area contributed by atoms with E-state index in [1.807, 2.05) is 24.3 Å². The summed E-state index contributed by atoms with van der Waals surface area (Å²) in [4.78, 5) is 12.5. The lowest BCUT2D eigenvalue weighted by Crippen LogP contribution is -2.21. The van der Waals surface area contributed by atoms with Crippen LogP contribution < -0.4 is 18.9 Å². The van der Waals surface area contributed by atoms with Crippen molar-refractivity contribution in [3.05, 3.63) is 47.5 Å². The summed E-state index contributed by atoms with van der Waals surface area (Å²) in [5, 5.41) is 0. The second kappa shape index (κ2) is 6.20. The largest absolute Gasteiger partial charge is 0.497 e. The molecule has 0 aromatic heterocycles. The Kier molecular flexibility index (Phi) is 4.10. The van der Waals surface area contributed by atoms with E-state index in [9.17, 15) is 4.79 Å². The molecular formula is C18H18O5. The van der Waals surface area contributed by atoms with Crippen molar-refractivity contribution in [3.63, 3.8) is 0 Å². The minimum absolute atomic E-state index is 0.00395. The van der Waals surface area contributed by atoms with Gasteiger partial charge in [-0.05, 0) is 23.8 Å². The Hall–Kier alpha value is -2.69. The van der Waals surface area contributed by atoms with E-state index in [1.165, 1.54) is 0 Å². The highest BCUT2D eigenvalue weighted by Crippen LogP contribution is 2.43. The number of Topliss-reactive ketones (excluding diaryl/α,β-unsaturated/α-hetero) is 1. The molecule has 0 saturated carbocycles. The molecule has 0 bridgehead atoms. The minimum atomic E-state index is -0.344. The van der Waals surface area contributed by atoms with Gasteiger partial charge in [0.2, 0.25) is 0 Å². The minimum Gasteiger partial charge on any atom is -0.497 e. The maximum atomic E-state index is 12.5. The van der Waals surface area contributed by atoms with E-state index in [4.69, 9.17) is 18.9 Å². The van der Waals surface area contributed by atoms with Crippen LogP contribution in [0.4, 0.5) is 0 Å². The highest BCUT2D eigenvalue weighted by molar-refractivity contribution is 6.01. The second-order valence-electron chi connectivity index (χ2n) is 5.21. The first kappa shape index (κ1) is 15.2. The number of benzene rings is 2. The van der Waals surface area contributed by atoms with E-state index < -0.39 is 0 Å². The zero-order valence-corrected chi connectivity index (χ0v) is 13.3. The van der Waals surface area contributed by atoms with Gasteiger partial charge in [0.25, 0.3) is 0 Å². The summed E-state index contributed by atoms with van der Waals surface area (Å²) >= 11 is 0. The van der Waals surface area contributed by atoms with Gasteiger partial charge in [0.1, 0.15) is 17.6 Å². The van der Waals surface area contributed by atoms with Gasteiger partial charge in [-0.3, -0.25) is 4.79 Å². The second-order valence-corrected chi connectivity index (χ2v) is 5.21. The Balaban J connectivity index is 1.97. The zero-order chi connectivity index (χ0) is 16.4. The van der Waals surface area contributed by atoms with Gasteiger partial charge in [0.15, 0.2) is 17.3 Å². The fourth-order valence-electron chi connectivity index (χ4n) is 2.64. The molecule has 1 atom stereocenters. The van der Waals surface area contributed by atoms with Crippen molar-refractivity contribution in [3.8, 4) is 23.0 Å². The molecule has 0 amide bonds. The Morgan fingerprint density at radius 2 is 1.65 bits per heavy atom. The van der Waals surface area contributed by atoms with E-state index in [-0.39, 0.29) is 18.3 Å². The maximum absolute atomic E-state index is 12.5. The first-order valence-corrected chi connectivity index (χ1v) is 7.26. The fraction of sp³-hybridized carbons (Fsp3) is 0.278. The number of carbonyl (C=O) groups is 1. The van der Waals surface area contributed by atoms with Gasteiger partial charge in [-0.2, -0.15) is 0 Å². The third kappa shape index (κ3) is 2.82. The van der Waals surface area contributed by atoms with E-state index >= 15 is 0 Å². The molecule has 0 unspecified atom stereocenters. The molecule has 23 heavy (non-hydrogen) atoms. The summed E-state index contributed by atoms with van der Waals surface area (Å²) in [5.74, 6) is 2.29. The monoisotopic (exact) mass is 314 g/mol. The summed E-state index contributed by atoms with van der Waals surface area (Å²) < 4.78 is 21.7. The summed E-state index contributed by atoms with van der Waals surface area (Å²) in [7, 11) is 4.71. The molecule has 1 aliphatic rings. The van der Waals surface area contributed by atoms with Gasteiger partial charge < -0.3 is 18.9 Å². The van der Waals surface area contributed by atoms with Crippen molar-refractivity contribution in [1.29, 1.82) is 0 Å². The lowest BCUT2D eigenvalue weighted by atomic mass is 9.95. The number of ether oxygens (including phenoxy) is 4. The SMILES string of the molecule is COc1ccc([C@H]2CC(=O)c3cc(OC)cc(OC)c3O2)cc1. The number of hydrogen-bond acceptors (Lipinski definition) is 5. The molecule has 0 spiro atoms. The predicted octanol–water partition coefficient (Wildman–Crippen LogP) is 3.42. The smallest absolute Gasteiger partial charge is 0.173 e. The molecule has 0 fully saturated rings. The third-order valence-electron chi connectivity index (χ3n) is 3.90. The first-order valence-electron chi connectivity index (χ1n) is 7.26. The van der Waals surface area contributed by atoms with E-state index in [1.54, 1.807) is 33.5 Å². The maximum Gasteiger partial charge on any atom is 0.173 e. The van der Waals surface area contributed by atoms with Gasteiger partial charge in [-0.1, -0.05) is 12.1 Å². The average molecular weight is 314 g/mol. The van der Waals surface area contributed by atoms with Crippen LogP contribution in [0.1, 0.15) is 28.4 Å². The fourth-order valence-corrected chi connectivity index (χ4v) is 2.64. The summed E-state index contributed by atoms with van der Waals surface area (Å²) in [6, 6.07) is 10.9. The molecule has 1 heterocycles. The van der Waals surface area contributed by atoms with Crippen LogP contribution in [0.25, 0.3) is 0 Å². The molecular weight excluding hydrogens is 296 g/mol. The van der Waals surface area contributed by atoms with Crippen LogP contribution in [-0.2, 0) is 0 Å². The highest BCUT2D eigenvalue weighted by Gasteiger charge is 2.31. The molecule has 5 heteroatoms. The van der Waals surface area contributed by atoms with Crippen molar-refractivity contribution in [2.24, 2.45) is 0 Å². The number of fused-ring (bicyclic) bond motifs is 1. The Labute approximate surface area is 134 Å². The molecule has 5 nitrogen and oxygen atoms in total. The molecule has 2 aromatic rings. The van der Waals surface area contributed by atoms with Crippen molar-refractivity contribution >= 4 is 5.78 Å². The molecule has 2 aromatic carbocycles. The average Bonchev–Trinajstić information content (AvgIpc) is 2.61. The van der Waals surface area contributed by atoms with Crippen LogP contribution in [0.15, 0.2) is 36.4 Å². The molecule has 0 radical (unpaired) electrons. The van der Waals surface area contributed by atoms with Crippen LogP contribution in [0.2, 0.25) is 0 Å². The van der Waals surface area contributed by atoms with Gasteiger partial charge in [0.05, 0.1) is 33.3 Å². The van der Waals surface area contributed by atoms with Gasteiger partial charge in [-0.15, -0.1) is 0 Å². The number of hydrogen-bond donors (Lipinski definition) is 0. The summed E-state index contributed by atoms with van der Waals surface area (Å²) in [6.07, 6.45) is -0.0708. The Morgan fingerprint density at radius 1 is 0.957 bits per heavy atom. The quantitative estimate of drug-likeness (QED) is 0.865. The summed E-state index contributed by atoms with van der Waals surface area (Å²) in [5.41, 5.74) is 1.41. The Bertz CT molecular complexity index is 721. The first-order chi connectivity index (χ1) is 11.2. The topological polar surface area (TPSA) is 54.0 Å². The number of carbonyl (C=O) groups excluding carboxylic acids is 1. The molecule has 1 aliphatic heterocycles. The Morgan fingerprint density at radius 3 is 2.26 bits per heavy atom. The van der Waals surface area contributed by atoms with Crippen molar-refractivity contribution in [2.75, 3.05) is 21.3 Å². The standard InChI is InChI=1S/C18H18O5/c1-20-12-6-4-11(5-7-12)16-10-15(19)14-8-13(21-2)9-17(22-3)18(14)23-16/h4-9,16H,10H2,1-3H3/t16-/m1/s1. The van der Waals surface area contributed by atoms with Crippen LogP contribution in [-0.4, -0.2) is 27.1 Å². The van der Waals surface area contributed by atoms with Gasteiger partial charge in [0, 0.05) is 6.07 Å². The van der Waals surface area contributed by atoms with Crippen molar-refractivity contribution < 1.29 is 23.7 Å². The van der Waals surface area contributed by atoms with Crippen LogP contribution in [0, 0.1) is 0 Å². The number of rotatable bonds is 4. The molecule has 120 valence electrons. The molecule has 0 saturated heterocycles.